The van der Waals surface area contributed by atoms with Crippen LogP contribution >= 0.6 is 0 Å². The van der Waals surface area contributed by atoms with Crippen LogP contribution in [-0.4, -0.2) is 31.5 Å². The Hall–Kier alpha value is -3.35. The van der Waals surface area contributed by atoms with Gasteiger partial charge in [-0.15, -0.1) is 0 Å². The maximum atomic E-state index is 12.1. The molecule has 0 radical (unpaired) electrons. The van der Waals surface area contributed by atoms with Crippen LogP contribution in [0, 0.1) is 0 Å². The van der Waals surface area contributed by atoms with Gasteiger partial charge in [0.15, 0.2) is 22.8 Å². The minimum Gasteiger partial charge on any atom is -0.504 e. The second-order valence-electron chi connectivity index (χ2n) is 5.20. The minimum absolute atomic E-state index is 0.161. The Bertz CT molecular complexity index is 1000. The zero-order chi connectivity index (χ0) is 18.1. The normalized spacial score (nSPS) is 10.7. The van der Waals surface area contributed by atoms with E-state index in [9.17, 15) is 15.0 Å². The van der Waals surface area contributed by atoms with Crippen LogP contribution in [0.5, 0.6) is 28.7 Å². The summed E-state index contributed by atoms with van der Waals surface area (Å²) in [5.74, 6) is 0.431. The van der Waals surface area contributed by atoms with Gasteiger partial charge in [0.2, 0.25) is 5.75 Å². The highest BCUT2D eigenvalue weighted by molar-refractivity contribution is 6.02. The van der Waals surface area contributed by atoms with Crippen LogP contribution in [0.1, 0.15) is 0 Å². The van der Waals surface area contributed by atoms with Crippen molar-refractivity contribution in [1.82, 2.24) is 0 Å². The third-order valence-corrected chi connectivity index (χ3v) is 3.83. The molecular weight excluding hydrogens is 328 g/mol. The van der Waals surface area contributed by atoms with E-state index in [4.69, 9.17) is 18.6 Å². The molecule has 3 aromatic rings. The average molecular weight is 344 g/mol. The molecule has 25 heavy (non-hydrogen) atoms. The highest BCUT2D eigenvalue weighted by Crippen LogP contribution is 2.45. The summed E-state index contributed by atoms with van der Waals surface area (Å²) in [7, 11) is 4.37. The molecule has 7 nitrogen and oxygen atoms in total. The molecule has 1 aromatic heterocycles. The Morgan fingerprint density at radius 3 is 2.20 bits per heavy atom. The molecule has 0 atom stereocenters. The fraction of sp³-hybridized carbons (Fsp3) is 0.167. The lowest BCUT2D eigenvalue weighted by Gasteiger charge is -2.15. The van der Waals surface area contributed by atoms with Crippen LogP contribution in [0.25, 0.3) is 22.1 Å². The predicted octanol–water partition coefficient (Wildman–Crippen LogP) is 2.90. The van der Waals surface area contributed by atoms with E-state index in [1.807, 2.05) is 0 Å². The van der Waals surface area contributed by atoms with E-state index < -0.39 is 5.63 Å². The van der Waals surface area contributed by atoms with Crippen molar-refractivity contribution in [2.45, 2.75) is 0 Å². The van der Waals surface area contributed by atoms with Gasteiger partial charge in [0.05, 0.1) is 26.7 Å². The molecule has 0 saturated heterocycles. The van der Waals surface area contributed by atoms with E-state index in [-0.39, 0.29) is 22.8 Å². The lowest BCUT2D eigenvalue weighted by Crippen LogP contribution is -2.02. The first kappa shape index (κ1) is 16.5. The number of hydrogen-bond acceptors (Lipinski definition) is 7. The summed E-state index contributed by atoms with van der Waals surface area (Å²) in [5.41, 5.74) is 0.510. The average Bonchev–Trinajstić information content (AvgIpc) is 2.61. The van der Waals surface area contributed by atoms with Crippen molar-refractivity contribution in [2.75, 3.05) is 21.3 Å². The van der Waals surface area contributed by atoms with Gasteiger partial charge >= 0.3 is 5.63 Å². The maximum absolute atomic E-state index is 12.1. The molecule has 0 aliphatic rings. The van der Waals surface area contributed by atoms with Gasteiger partial charge in [-0.25, -0.2) is 4.79 Å². The Labute approximate surface area is 142 Å². The summed E-state index contributed by atoms with van der Waals surface area (Å²) in [6.07, 6.45) is 0. The van der Waals surface area contributed by atoms with Crippen LogP contribution in [-0.2, 0) is 0 Å². The van der Waals surface area contributed by atoms with E-state index in [1.54, 1.807) is 12.1 Å². The van der Waals surface area contributed by atoms with Crippen molar-refractivity contribution >= 4 is 11.0 Å². The Balaban J connectivity index is 2.47. The number of benzene rings is 2. The van der Waals surface area contributed by atoms with Gasteiger partial charge < -0.3 is 28.8 Å². The van der Waals surface area contributed by atoms with Crippen molar-refractivity contribution in [3.63, 3.8) is 0 Å². The van der Waals surface area contributed by atoms with Crippen LogP contribution in [0.2, 0.25) is 0 Å². The molecule has 0 spiro atoms. The summed E-state index contributed by atoms with van der Waals surface area (Å²) in [6, 6.07) is 7.14. The number of ether oxygens (including phenoxy) is 3. The molecule has 2 aromatic carbocycles. The topological polar surface area (TPSA) is 98.4 Å². The molecular formula is C18H16O7. The first-order chi connectivity index (χ1) is 12.0. The molecule has 0 aliphatic heterocycles. The molecule has 2 N–H and O–H groups in total. The third-order valence-electron chi connectivity index (χ3n) is 3.83. The number of phenols is 2. The van der Waals surface area contributed by atoms with Crippen LogP contribution < -0.4 is 19.8 Å². The fourth-order valence-electron chi connectivity index (χ4n) is 2.69. The molecule has 0 amide bonds. The van der Waals surface area contributed by atoms with Gasteiger partial charge in [-0.05, 0) is 17.7 Å². The number of fused-ring (bicyclic) bond motifs is 1. The van der Waals surface area contributed by atoms with Gasteiger partial charge in [0, 0.05) is 17.7 Å². The molecule has 1 heterocycles. The number of methoxy groups -OCH3 is 3. The third kappa shape index (κ3) is 2.69. The fourth-order valence-corrected chi connectivity index (χ4v) is 2.69. The first-order valence-corrected chi connectivity index (χ1v) is 7.29. The van der Waals surface area contributed by atoms with Gasteiger partial charge in [0.1, 0.15) is 5.75 Å². The Kier molecular flexibility index (Phi) is 4.14. The van der Waals surface area contributed by atoms with Crippen LogP contribution in [0.3, 0.4) is 0 Å². The summed E-state index contributed by atoms with van der Waals surface area (Å²) in [6.45, 7) is 0. The lowest BCUT2D eigenvalue weighted by molar-refractivity contribution is 0.347. The largest absolute Gasteiger partial charge is 0.504 e. The highest BCUT2D eigenvalue weighted by atomic mass is 16.5. The molecule has 0 unspecified atom stereocenters. The smallest absolute Gasteiger partial charge is 0.336 e. The minimum atomic E-state index is -0.608. The SMILES string of the molecule is COc1cc(OC)c2c(-c3ccc(O)c(O)c3)cc(=O)oc2c1OC. The summed E-state index contributed by atoms with van der Waals surface area (Å²) in [4.78, 5) is 12.1. The molecule has 7 heteroatoms. The van der Waals surface area contributed by atoms with Crippen molar-refractivity contribution < 1.29 is 28.8 Å². The molecule has 0 aliphatic carbocycles. The number of rotatable bonds is 4. The monoisotopic (exact) mass is 344 g/mol. The van der Waals surface area contributed by atoms with Crippen molar-refractivity contribution in [1.29, 1.82) is 0 Å². The van der Waals surface area contributed by atoms with Crippen LogP contribution in [0.4, 0.5) is 0 Å². The van der Waals surface area contributed by atoms with Crippen LogP contribution in [0.15, 0.2) is 39.5 Å². The Morgan fingerprint density at radius 1 is 0.880 bits per heavy atom. The molecule has 0 bridgehead atoms. The zero-order valence-electron chi connectivity index (χ0n) is 13.8. The van der Waals surface area contributed by atoms with E-state index in [0.29, 0.717) is 28.0 Å². The summed E-state index contributed by atoms with van der Waals surface area (Å²) >= 11 is 0. The maximum Gasteiger partial charge on any atom is 0.336 e. The lowest BCUT2D eigenvalue weighted by atomic mass is 10.00. The van der Waals surface area contributed by atoms with Gasteiger partial charge in [-0.3, -0.25) is 0 Å². The van der Waals surface area contributed by atoms with Gasteiger partial charge in [-0.2, -0.15) is 0 Å². The Morgan fingerprint density at radius 2 is 1.60 bits per heavy atom. The van der Waals surface area contributed by atoms with Gasteiger partial charge in [-0.1, -0.05) is 6.07 Å². The van der Waals surface area contributed by atoms with Crippen molar-refractivity contribution in [2.24, 2.45) is 0 Å². The van der Waals surface area contributed by atoms with E-state index in [0.717, 1.165) is 0 Å². The first-order valence-electron chi connectivity index (χ1n) is 7.29. The van der Waals surface area contributed by atoms with E-state index in [2.05, 4.69) is 0 Å². The number of hydrogen-bond donors (Lipinski definition) is 2. The molecule has 3 rings (SSSR count). The highest BCUT2D eigenvalue weighted by Gasteiger charge is 2.21. The summed E-state index contributed by atoms with van der Waals surface area (Å²) < 4.78 is 21.4. The molecule has 0 fully saturated rings. The standard InChI is InChI=1S/C18H16O7/c1-22-13-8-14(23-2)17(24-3)18-16(13)10(7-15(21)25-18)9-4-5-11(19)12(20)6-9/h4-8,19-20H,1-3H3. The molecule has 130 valence electrons. The molecule has 0 saturated carbocycles. The quantitative estimate of drug-likeness (QED) is 0.554. The van der Waals surface area contributed by atoms with Crippen molar-refractivity contribution in [3.05, 3.63) is 40.8 Å². The summed E-state index contributed by atoms with van der Waals surface area (Å²) in [5, 5.41) is 19.8. The number of phenolic OH excluding ortho intramolecular Hbond substituents is 2. The van der Waals surface area contributed by atoms with E-state index >= 15 is 0 Å². The predicted molar refractivity (Wildman–Crippen MR) is 90.9 cm³/mol. The van der Waals surface area contributed by atoms with Crippen molar-refractivity contribution in [3.8, 4) is 39.9 Å². The number of aromatic hydroxyl groups is 2. The second kappa shape index (κ2) is 6.27. The van der Waals surface area contributed by atoms with E-state index in [1.165, 1.54) is 39.5 Å². The zero-order valence-corrected chi connectivity index (χ0v) is 13.8. The van der Waals surface area contributed by atoms with Gasteiger partial charge in [0.25, 0.3) is 0 Å². The second-order valence-corrected chi connectivity index (χ2v) is 5.20.